The first-order valence-electron chi connectivity index (χ1n) is 7.45. The zero-order valence-corrected chi connectivity index (χ0v) is 16.2. The highest BCUT2D eigenvalue weighted by atomic mass is 79.9. The smallest absolute Gasteiger partial charge is 0.263 e. The first-order chi connectivity index (χ1) is 12.1. The Morgan fingerprint density at radius 3 is 2.68 bits per heavy atom. The maximum absolute atomic E-state index is 12.1. The Hall–Kier alpha value is -2.03. The number of carbonyl (C=O) groups is 2. The molecule has 0 fully saturated rings. The van der Waals surface area contributed by atoms with Gasteiger partial charge in [-0.3, -0.25) is 9.59 Å². The Morgan fingerprint density at radius 1 is 1.16 bits per heavy atom. The van der Waals surface area contributed by atoms with Crippen molar-refractivity contribution in [3.8, 4) is 9.88 Å². The molecule has 25 heavy (non-hydrogen) atoms. The summed E-state index contributed by atoms with van der Waals surface area (Å²) < 4.78 is 0.948. The third-order valence-electron chi connectivity index (χ3n) is 3.23. The van der Waals surface area contributed by atoms with Crippen molar-refractivity contribution in [2.75, 3.05) is 11.9 Å². The summed E-state index contributed by atoms with van der Waals surface area (Å²) in [6.45, 7) is 0.271. The quantitative estimate of drug-likeness (QED) is 0.602. The number of carbonyl (C=O) groups excluding carboxylic acids is 2. The standard InChI is InChI=1S/C17H14BrN3O2S2/c18-11-3-5-12(6-4-11)21-15(22)7-8-19-16(23)14-10-20-17(25-14)13-2-1-9-24-13/h1-6,9-10H,7-8H2,(H,19,23)(H,21,22). The molecule has 2 heterocycles. The lowest BCUT2D eigenvalue weighted by Gasteiger charge is -2.06. The van der Waals surface area contributed by atoms with Gasteiger partial charge in [0.1, 0.15) is 9.88 Å². The van der Waals surface area contributed by atoms with Gasteiger partial charge in [0.15, 0.2) is 0 Å². The van der Waals surface area contributed by atoms with E-state index in [0.717, 1.165) is 20.0 Å². The third-order valence-corrected chi connectivity index (χ3v) is 5.79. The fourth-order valence-electron chi connectivity index (χ4n) is 2.03. The van der Waals surface area contributed by atoms with Gasteiger partial charge in [-0.15, -0.1) is 22.7 Å². The van der Waals surface area contributed by atoms with Gasteiger partial charge in [-0.2, -0.15) is 0 Å². The first kappa shape index (κ1) is 17.8. The van der Waals surface area contributed by atoms with E-state index in [2.05, 4.69) is 31.5 Å². The Morgan fingerprint density at radius 2 is 1.96 bits per heavy atom. The second-order valence-corrected chi connectivity index (χ2v) is 7.96. The maximum Gasteiger partial charge on any atom is 0.263 e. The average molecular weight is 436 g/mol. The molecule has 0 aliphatic heterocycles. The normalized spacial score (nSPS) is 10.4. The highest BCUT2D eigenvalue weighted by Crippen LogP contribution is 2.28. The molecule has 0 spiro atoms. The van der Waals surface area contributed by atoms with Crippen molar-refractivity contribution in [3.63, 3.8) is 0 Å². The van der Waals surface area contributed by atoms with E-state index < -0.39 is 0 Å². The number of halogens is 1. The van der Waals surface area contributed by atoms with Gasteiger partial charge >= 0.3 is 0 Å². The number of nitrogens with zero attached hydrogens (tertiary/aromatic N) is 1. The van der Waals surface area contributed by atoms with Crippen LogP contribution >= 0.6 is 38.6 Å². The number of hydrogen-bond acceptors (Lipinski definition) is 5. The van der Waals surface area contributed by atoms with E-state index in [0.29, 0.717) is 4.88 Å². The number of benzene rings is 1. The van der Waals surface area contributed by atoms with Crippen molar-refractivity contribution in [2.24, 2.45) is 0 Å². The van der Waals surface area contributed by atoms with E-state index >= 15 is 0 Å². The number of anilines is 1. The van der Waals surface area contributed by atoms with Crippen LogP contribution in [0.3, 0.4) is 0 Å². The van der Waals surface area contributed by atoms with Gasteiger partial charge in [0.2, 0.25) is 5.91 Å². The van der Waals surface area contributed by atoms with Crippen LogP contribution in [0.4, 0.5) is 5.69 Å². The first-order valence-corrected chi connectivity index (χ1v) is 9.94. The molecule has 3 aromatic rings. The lowest BCUT2D eigenvalue weighted by Crippen LogP contribution is -2.27. The summed E-state index contributed by atoms with van der Waals surface area (Å²) in [6, 6.07) is 11.2. The van der Waals surface area contributed by atoms with E-state index in [4.69, 9.17) is 0 Å². The molecule has 0 bridgehead atoms. The summed E-state index contributed by atoms with van der Waals surface area (Å²) in [7, 11) is 0. The summed E-state index contributed by atoms with van der Waals surface area (Å²) >= 11 is 6.27. The minimum absolute atomic E-state index is 0.147. The average Bonchev–Trinajstić information content (AvgIpc) is 3.28. The fraction of sp³-hybridized carbons (Fsp3) is 0.118. The molecule has 1 aromatic carbocycles. The van der Waals surface area contributed by atoms with Crippen LogP contribution < -0.4 is 10.6 Å². The zero-order chi connectivity index (χ0) is 17.6. The van der Waals surface area contributed by atoms with Gasteiger partial charge in [-0.05, 0) is 35.7 Å². The number of amides is 2. The molecule has 0 aliphatic carbocycles. The molecular weight excluding hydrogens is 422 g/mol. The Bertz CT molecular complexity index is 860. The highest BCUT2D eigenvalue weighted by Gasteiger charge is 2.12. The van der Waals surface area contributed by atoms with Gasteiger partial charge in [0.05, 0.1) is 11.1 Å². The molecule has 0 aliphatic rings. The Kier molecular flexibility index (Phi) is 5.95. The van der Waals surface area contributed by atoms with Crippen LogP contribution in [0.25, 0.3) is 9.88 Å². The van der Waals surface area contributed by atoms with Crippen LogP contribution in [0.1, 0.15) is 16.1 Å². The summed E-state index contributed by atoms with van der Waals surface area (Å²) in [6.07, 6.45) is 1.77. The minimum Gasteiger partial charge on any atom is -0.351 e. The molecular formula is C17H14BrN3O2S2. The summed E-state index contributed by atoms with van der Waals surface area (Å²) in [5.74, 6) is -0.358. The lowest BCUT2D eigenvalue weighted by molar-refractivity contribution is -0.116. The molecule has 0 atom stereocenters. The molecule has 0 saturated carbocycles. The monoisotopic (exact) mass is 435 g/mol. The predicted octanol–water partition coefficient (Wildman–Crippen LogP) is 4.39. The van der Waals surface area contributed by atoms with Crippen molar-refractivity contribution >= 4 is 56.1 Å². The van der Waals surface area contributed by atoms with Gasteiger partial charge in [-0.1, -0.05) is 22.0 Å². The van der Waals surface area contributed by atoms with Crippen LogP contribution in [0.2, 0.25) is 0 Å². The lowest BCUT2D eigenvalue weighted by atomic mass is 10.3. The molecule has 5 nitrogen and oxygen atoms in total. The molecule has 0 saturated heterocycles. The predicted molar refractivity (Wildman–Crippen MR) is 105 cm³/mol. The van der Waals surface area contributed by atoms with Crippen LogP contribution in [0, 0.1) is 0 Å². The van der Waals surface area contributed by atoms with Crippen molar-refractivity contribution in [3.05, 3.63) is 57.3 Å². The summed E-state index contributed by atoms with van der Waals surface area (Å²) in [5, 5.41) is 8.34. The number of thiazole rings is 1. The van der Waals surface area contributed by atoms with Crippen LogP contribution in [-0.2, 0) is 4.79 Å². The molecule has 2 N–H and O–H groups in total. The van der Waals surface area contributed by atoms with Gasteiger partial charge < -0.3 is 10.6 Å². The second kappa shape index (κ2) is 8.37. The van der Waals surface area contributed by atoms with E-state index in [1.807, 2.05) is 41.8 Å². The van der Waals surface area contributed by atoms with Crippen LogP contribution in [0.15, 0.2) is 52.4 Å². The molecule has 128 valence electrons. The molecule has 2 aromatic heterocycles. The minimum atomic E-state index is -0.211. The van der Waals surface area contributed by atoms with Crippen LogP contribution in [0.5, 0.6) is 0 Å². The molecule has 3 rings (SSSR count). The van der Waals surface area contributed by atoms with E-state index in [1.165, 1.54) is 11.3 Å². The maximum atomic E-state index is 12.1. The Labute approximate surface area is 161 Å². The third kappa shape index (κ3) is 4.97. The van der Waals surface area contributed by atoms with E-state index in [-0.39, 0.29) is 24.8 Å². The van der Waals surface area contributed by atoms with Gasteiger partial charge in [0.25, 0.3) is 5.91 Å². The summed E-state index contributed by atoms with van der Waals surface area (Å²) in [4.78, 5) is 29.9. The largest absolute Gasteiger partial charge is 0.351 e. The number of thiophene rings is 1. The van der Waals surface area contributed by atoms with Crippen molar-refractivity contribution in [1.82, 2.24) is 10.3 Å². The van der Waals surface area contributed by atoms with Crippen molar-refractivity contribution in [2.45, 2.75) is 6.42 Å². The van der Waals surface area contributed by atoms with E-state index in [9.17, 15) is 9.59 Å². The van der Waals surface area contributed by atoms with Gasteiger partial charge in [0, 0.05) is 23.1 Å². The van der Waals surface area contributed by atoms with Gasteiger partial charge in [-0.25, -0.2) is 4.98 Å². The molecule has 8 heteroatoms. The SMILES string of the molecule is O=C(CCNC(=O)c1cnc(-c2cccs2)s1)Nc1ccc(Br)cc1. The Balaban J connectivity index is 1.46. The highest BCUT2D eigenvalue weighted by molar-refractivity contribution is 9.10. The summed E-state index contributed by atoms with van der Waals surface area (Å²) in [5.41, 5.74) is 0.725. The van der Waals surface area contributed by atoms with E-state index in [1.54, 1.807) is 17.5 Å². The number of nitrogens with one attached hydrogen (secondary N) is 2. The number of aromatic nitrogens is 1. The topological polar surface area (TPSA) is 71.1 Å². The second-order valence-electron chi connectivity index (χ2n) is 5.07. The fourth-order valence-corrected chi connectivity index (χ4v) is 3.93. The number of hydrogen-bond donors (Lipinski definition) is 2. The van der Waals surface area contributed by atoms with Crippen molar-refractivity contribution < 1.29 is 9.59 Å². The number of rotatable bonds is 6. The van der Waals surface area contributed by atoms with Crippen LogP contribution in [-0.4, -0.2) is 23.3 Å². The van der Waals surface area contributed by atoms with Crippen molar-refractivity contribution in [1.29, 1.82) is 0 Å². The molecule has 0 radical (unpaired) electrons. The molecule has 0 unspecified atom stereocenters. The zero-order valence-electron chi connectivity index (χ0n) is 13.0. The molecule has 2 amide bonds.